The van der Waals surface area contributed by atoms with Gasteiger partial charge in [0.2, 0.25) is 0 Å². The minimum Gasteiger partial charge on any atom is -0.497 e. The average Bonchev–Trinajstić information content (AvgIpc) is 2.73. The molecule has 1 heterocycles. The van der Waals surface area contributed by atoms with Crippen LogP contribution in [-0.2, 0) is 0 Å². The quantitative estimate of drug-likeness (QED) is 0.488. The van der Waals surface area contributed by atoms with Crippen molar-refractivity contribution < 1.29 is 14.4 Å². The topological polar surface area (TPSA) is 61.6 Å². The SMILES string of the molecule is COc1ccc(C2=C(c3ccccc3[N+](=O)[O-])COc3ccccc32)cc1. The Hall–Kier alpha value is -3.60. The van der Waals surface area contributed by atoms with Gasteiger partial charge in [0.15, 0.2) is 0 Å². The van der Waals surface area contributed by atoms with Gasteiger partial charge in [0.05, 0.1) is 17.6 Å². The zero-order valence-corrected chi connectivity index (χ0v) is 14.7. The fourth-order valence-electron chi connectivity index (χ4n) is 3.37. The highest BCUT2D eigenvalue weighted by atomic mass is 16.6. The summed E-state index contributed by atoms with van der Waals surface area (Å²) in [7, 11) is 1.62. The van der Waals surface area contributed by atoms with Gasteiger partial charge in [-0.15, -0.1) is 0 Å². The number of hydrogen-bond donors (Lipinski definition) is 0. The van der Waals surface area contributed by atoms with E-state index < -0.39 is 0 Å². The van der Waals surface area contributed by atoms with Crippen molar-refractivity contribution in [2.45, 2.75) is 0 Å². The van der Waals surface area contributed by atoms with Crippen LogP contribution in [0.3, 0.4) is 0 Å². The molecule has 0 aromatic heterocycles. The summed E-state index contributed by atoms with van der Waals surface area (Å²) in [5.41, 5.74) is 4.26. The van der Waals surface area contributed by atoms with Crippen LogP contribution in [-0.4, -0.2) is 18.6 Å². The molecule has 3 aromatic rings. The average molecular weight is 359 g/mol. The third-order valence-electron chi connectivity index (χ3n) is 4.63. The van der Waals surface area contributed by atoms with Crippen LogP contribution in [0.15, 0.2) is 72.8 Å². The number of methoxy groups -OCH3 is 1. The van der Waals surface area contributed by atoms with Gasteiger partial charge in [0.1, 0.15) is 18.1 Å². The lowest BCUT2D eigenvalue weighted by Gasteiger charge is -2.25. The Bertz CT molecular complexity index is 1040. The fourth-order valence-corrected chi connectivity index (χ4v) is 3.37. The number of nitrogens with zero attached hydrogens (tertiary/aromatic N) is 1. The van der Waals surface area contributed by atoms with Crippen LogP contribution in [0.1, 0.15) is 16.7 Å². The van der Waals surface area contributed by atoms with Crippen LogP contribution in [0.25, 0.3) is 11.1 Å². The molecule has 0 saturated carbocycles. The van der Waals surface area contributed by atoms with Gasteiger partial charge < -0.3 is 9.47 Å². The van der Waals surface area contributed by atoms with E-state index in [2.05, 4.69) is 0 Å². The molecule has 0 atom stereocenters. The summed E-state index contributed by atoms with van der Waals surface area (Å²) < 4.78 is 11.2. The molecule has 3 aromatic carbocycles. The summed E-state index contributed by atoms with van der Waals surface area (Å²) >= 11 is 0. The van der Waals surface area contributed by atoms with Crippen molar-refractivity contribution in [2.75, 3.05) is 13.7 Å². The van der Waals surface area contributed by atoms with Crippen LogP contribution in [0.2, 0.25) is 0 Å². The number of para-hydroxylation sites is 2. The number of benzene rings is 3. The van der Waals surface area contributed by atoms with Crippen molar-refractivity contribution in [3.05, 3.63) is 99.6 Å². The molecular weight excluding hydrogens is 342 g/mol. The van der Waals surface area contributed by atoms with Crippen molar-refractivity contribution >= 4 is 16.8 Å². The minimum absolute atomic E-state index is 0.0708. The van der Waals surface area contributed by atoms with Crippen molar-refractivity contribution in [3.8, 4) is 11.5 Å². The van der Waals surface area contributed by atoms with Crippen LogP contribution in [0.4, 0.5) is 5.69 Å². The van der Waals surface area contributed by atoms with Gasteiger partial charge >= 0.3 is 0 Å². The molecule has 0 aliphatic carbocycles. The van der Waals surface area contributed by atoms with E-state index in [4.69, 9.17) is 9.47 Å². The van der Waals surface area contributed by atoms with E-state index in [0.717, 1.165) is 33.8 Å². The van der Waals surface area contributed by atoms with Gasteiger partial charge in [-0.25, -0.2) is 0 Å². The highest BCUT2D eigenvalue weighted by molar-refractivity contribution is 6.03. The maximum Gasteiger partial charge on any atom is 0.277 e. The second-order valence-electron chi connectivity index (χ2n) is 6.14. The molecule has 5 nitrogen and oxygen atoms in total. The molecule has 0 spiro atoms. The normalized spacial score (nSPS) is 12.9. The van der Waals surface area contributed by atoms with Gasteiger partial charge in [-0.1, -0.05) is 42.5 Å². The molecule has 0 bridgehead atoms. The third-order valence-corrected chi connectivity index (χ3v) is 4.63. The van der Waals surface area contributed by atoms with E-state index in [1.165, 1.54) is 6.07 Å². The second-order valence-corrected chi connectivity index (χ2v) is 6.14. The standard InChI is InChI=1S/C22H17NO4/c1-26-16-12-10-15(11-13-16)22-18-7-3-5-9-21(18)27-14-19(22)17-6-2-4-8-20(17)23(24)25/h2-13H,14H2,1H3. The Morgan fingerprint density at radius 2 is 1.59 bits per heavy atom. The van der Waals surface area contributed by atoms with E-state index in [0.29, 0.717) is 5.56 Å². The lowest BCUT2D eigenvalue weighted by Crippen LogP contribution is -2.12. The molecule has 27 heavy (non-hydrogen) atoms. The first-order valence-corrected chi connectivity index (χ1v) is 8.52. The summed E-state index contributed by atoms with van der Waals surface area (Å²) in [5, 5.41) is 11.6. The molecule has 0 N–H and O–H groups in total. The first-order valence-electron chi connectivity index (χ1n) is 8.52. The first kappa shape index (κ1) is 16.8. The van der Waals surface area contributed by atoms with E-state index >= 15 is 0 Å². The summed E-state index contributed by atoms with van der Waals surface area (Å²) in [6.45, 7) is 0.267. The number of ether oxygens (including phenoxy) is 2. The minimum atomic E-state index is -0.353. The number of nitro benzene ring substituents is 1. The molecular formula is C22H17NO4. The van der Waals surface area contributed by atoms with Gasteiger partial charge in [-0.05, 0) is 29.8 Å². The lowest BCUT2D eigenvalue weighted by molar-refractivity contribution is -0.385. The van der Waals surface area contributed by atoms with Gasteiger partial charge in [0, 0.05) is 22.8 Å². The van der Waals surface area contributed by atoms with Crippen molar-refractivity contribution in [3.63, 3.8) is 0 Å². The predicted octanol–water partition coefficient (Wildman–Crippen LogP) is 4.95. The molecule has 0 unspecified atom stereocenters. The summed E-state index contributed by atoms with van der Waals surface area (Å²) in [6.07, 6.45) is 0. The van der Waals surface area contributed by atoms with Gasteiger partial charge in [-0.3, -0.25) is 10.1 Å². The van der Waals surface area contributed by atoms with E-state index in [9.17, 15) is 10.1 Å². The summed E-state index contributed by atoms with van der Waals surface area (Å²) in [4.78, 5) is 11.2. The van der Waals surface area contributed by atoms with Crippen LogP contribution < -0.4 is 9.47 Å². The number of fused-ring (bicyclic) bond motifs is 1. The Balaban J connectivity index is 2.00. The monoisotopic (exact) mass is 359 g/mol. The Kier molecular flexibility index (Phi) is 4.34. The Morgan fingerprint density at radius 1 is 0.926 bits per heavy atom. The molecule has 1 aliphatic rings. The second kappa shape index (κ2) is 6.96. The molecule has 5 heteroatoms. The maximum absolute atomic E-state index is 11.6. The number of nitro groups is 1. The summed E-state index contributed by atoms with van der Waals surface area (Å²) in [6, 6.07) is 22.2. The largest absolute Gasteiger partial charge is 0.497 e. The first-order chi connectivity index (χ1) is 13.2. The van der Waals surface area contributed by atoms with Gasteiger partial charge in [0.25, 0.3) is 5.69 Å². The van der Waals surface area contributed by atoms with Crippen LogP contribution in [0.5, 0.6) is 11.5 Å². The van der Waals surface area contributed by atoms with E-state index in [1.807, 2.05) is 54.6 Å². The maximum atomic E-state index is 11.6. The fraction of sp³-hybridized carbons (Fsp3) is 0.0909. The lowest BCUT2D eigenvalue weighted by atomic mass is 9.87. The van der Waals surface area contributed by atoms with Gasteiger partial charge in [-0.2, -0.15) is 0 Å². The molecule has 0 radical (unpaired) electrons. The summed E-state index contributed by atoms with van der Waals surface area (Å²) in [5.74, 6) is 1.53. The van der Waals surface area contributed by atoms with Crippen molar-refractivity contribution in [2.24, 2.45) is 0 Å². The Morgan fingerprint density at radius 3 is 2.30 bits per heavy atom. The molecule has 4 rings (SSSR count). The predicted molar refractivity (Wildman–Crippen MR) is 104 cm³/mol. The smallest absolute Gasteiger partial charge is 0.277 e. The number of rotatable bonds is 4. The highest BCUT2D eigenvalue weighted by Crippen LogP contribution is 2.42. The third kappa shape index (κ3) is 3.04. The van der Waals surface area contributed by atoms with Crippen LogP contribution >= 0.6 is 0 Å². The van der Waals surface area contributed by atoms with E-state index in [1.54, 1.807) is 19.2 Å². The highest BCUT2D eigenvalue weighted by Gasteiger charge is 2.26. The molecule has 0 amide bonds. The molecule has 1 aliphatic heterocycles. The number of hydrogen-bond acceptors (Lipinski definition) is 4. The molecule has 134 valence electrons. The van der Waals surface area contributed by atoms with Crippen LogP contribution in [0, 0.1) is 10.1 Å². The zero-order chi connectivity index (χ0) is 18.8. The van der Waals surface area contributed by atoms with E-state index in [-0.39, 0.29) is 17.2 Å². The van der Waals surface area contributed by atoms with Crippen molar-refractivity contribution in [1.82, 2.24) is 0 Å². The Labute approximate surface area is 156 Å². The van der Waals surface area contributed by atoms with Crippen molar-refractivity contribution in [1.29, 1.82) is 0 Å². The molecule has 0 fully saturated rings. The zero-order valence-electron chi connectivity index (χ0n) is 14.7. The molecule has 0 saturated heterocycles.